The minimum absolute atomic E-state index is 0.0227. The van der Waals surface area contributed by atoms with Gasteiger partial charge in [0, 0.05) is 11.3 Å². The Kier molecular flexibility index (Phi) is 2.74. The van der Waals surface area contributed by atoms with E-state index >= 15 is 0 Å². The van der Waals surface area contributed by atoms with Crippen LogP contribution >= 0.6 is 0 Å². The number of carbonyl (C=O) groups is 1. The number of hydrogen-bond acceptors (Lipinski definition) is 1. The van der Waals surface area contributed by atoms with Crippen LogP contribution in [-0.4, -0.2) is 5.78 Å². The third-order valence-corrected chi connectivity index (χ3v) is 4.48. The number of fused-ring (bicyclic) bond motifs is 2. The summed E-state index contributed by atoms with van der Waals surface area (Å²) >= 11 is 0. The predicted molar refractivity (Wildman–Crippen MR) is 62.6 cm³/mol. The van der Waals surface area contributed by atoms with Gasteiger partial charge in [-0.3, -0.25) is 4.79 Å². The zero-order chi connectivity index (χ0) is 11.1. The van der Waals surface area contributed by atoms with E-state index < -0.39 is 0 Å². The molecule has 2 aliphatic carbocycles. The maximum atomic E-state index is 12.1. The van der Waals surface area contributed by atoms with E-state index in [1.54, 1.807) is 0 Å². The molecule has 1 nitrogen and oxygen atoms in total. The SMILES string of the molecule is CC(C)=CCCC1(C)C(=O)C2CCC1C2. The molecule has 0 aromatic heterocycles. The highest BCUT2D eigenvalue weighted by molar-refractivity contribution is 5.90. The second-order valence-corrected chi connectivity index (χ2v) is 5.81. The Labute approximate surface area is 92.9 Å². The third kappa shape index (κ3) is 1.77. The molecule has 0 spiro atoms. The average molecular weight is 206 g/mol. The Morgan fingerprint density at radius 1 is 1.47 bits per heavy atom. The van der Waals surface area contributed by atoms with Gasteiger partial charge in [0.15, 0.2) is 0 Å². The van der Waals surface area contributed by atoms with Gasteiger partial charge in [0.1, 0.15) is 5.78 Å². The van der Waals surface area contributed by atoms with Crippen molar-refractivity contribution in [2.24, 2.45) is 17.3 Å². The highest BCUT2D eigenvalue weighted by Gasteiger charge is 2.54. The monoisotopic (exact) mass is 206 g/mol. The molecule has 2 rings (SSSR count). The van der Waals surface area contributed by atoms with E-state index in [1.165, 1.54) is 24.8 Å². The lowest BCUT2D eigenvalue weighted by Crippen LogP contribution is -2.33. The molecule has 3 atom stereocenters. The van der Waals surface area contributed by atoms with Crippen LogP contribution in [0.2, 0.25) is 0 Å². The van der Waals surface area contributed by atoms with Crippen LogP contribution in [0.5, 0.6) is 0 Å². The van der Waals surface area contributed by atoms with Gasteiger partial charge in [-0.1, -0.05) is 18.6 Å². The Morgan fingerprint density at radius 2 is 2.20 bits per heavy atom. The first-order valence-corrected chi connectivity index (χ1v) is 6.21. The van der Waals surface area contributed by atoms with Crippen LogP contribution < -0.4 is 0 Å². The van der Waals surface area contributed by atoms with E-state index in [-0.39, 0.29) is 5.41 Å². The van der Waals surface area contributed by atoms with Crippen molar-refractivity contribution < 1.29 is 4.79 Å². The first kappa shape index (κ1) is 10.9. The molecule has 0 aromatic rings. The maximum absolute atomic E-state index is 12.1. The second-order valence-electron chi connectivity index (χ2n) is 5.81. The van der Waals surface area contributed by atoms with Gasteiger partial charge in [-0.05, 0) is 51.9 Å². The van der Waals surface area contributed by atoms with Crippen molar-refractivity contribution in [1.82, 2.24) is 0 Å². The zero-order valence-electron chi connectivity index (χ0n) is 10.2. The first-order chi connectivity index (χ1) is 7.04. The van der Waals surface area contributed by atoms with Gasteiger partial charge in [-0.2, -0.15) is 0 Å². The summed E-state index contributed by atoms with van der Waals surface area (Å²) in [6.07, 6.45) is 8.06. The summed E-state index contributed by atoms with van der Waals surface area (Å²) in [5.74, 6) is 1.69. The fourth-order valence-electron chi connectivity index (χ4n) is 3.45. The summed E-state index contributed by atoms with van der Waals surface area (Å²) in [5.41, 5.74) is 1.39. The molecule has 3 unspecified atom stereocenters. The summed E-state index contributed by atoms with van der Waals surface area (Å²) in [5, 5.41) is 0. The summed E-state index contributed by atoms with van der Waals surface area (Å²) in [4.78, 5) is 12.1. The molecule has 0 radical (unpaired) electrons. The Balaban J connectivity index is 2.01. The average Bonchev–Trinajstić information content (AvgIpc) is 2.70. The van der Waals surface area contributed by atoms with Gasteiger partial charge in [0.05, 0.1) is 0 Å². The standard InChI is InChI=1S/C14H22O/c1-10(2)5-4-8-14(3)12-7-6-11(9-12)13(14)15/h5,11-12H,4,6-9H2,1-3H3. The number of allylic oxidation sites excluding steroid dienone is 2. The molecule has 84 valence electrons. The lowest BCUT2D eigenvalue weighted by Gasteiger charge is -2.32. The molecule has 0 heterocycles. The second kappa shape index (κ2) is 3.77. The molecule has 0 N–H and O–H groups in total. The van der Waals surface area contributed by atoms with E-state index in [4.69, 9.17) is 0 Å². The summed E-state index contributed by atoms with van der Waals surface area (Å²) in [7, 11) is 0. The number of hydrogen-bond donors (Lipinski definition) is 0. The van der Waals surface area contributed by atoms with E-state index in [0.717, 1.165) is 12.8 Å². The van der Waals surface area contributed by atoms with Crippen molar-refractivity contribution in [3.63, 3.8) is 0 Å². The van der Waals surface area contributed by atoms with Crippen LogP contribution in [0.25, 0.3) is 0 Å². The Morgan fingerprint density at radius 3 is 2.73 bits per heavy atom. The van der Waals surface area contributed by atoms with E-state index in [2.05, 4.69) is 26.8 Å². The lowest BCUT2D eigenvalue weighted by atomic mass is 9.71. The molecule has 15 heavy (non-hydrogen) atoms. The molecule has 2 aliphatic rings. The Hall–Kier alpha value is -0.590. The maximum Gasteiger partial charge on any atom is 0.142 e. The molecular formula is C14H22O. The van der Waals surface area contributed by atoms with Crippen molar-refractivity contribution in [3.05, 3.63) is 11.6 Å². The molecule has 1 heteroatoms. The van der Waals surface area contributed by atoms with Crippen molar-refractivity contribution in [2.45, 2.75) is 52.9 Å². The van der Waals surface area contributed by atoms with E-state index in [9.17, 15) is 4.79 Å². The fraction of sp³-hybridized carbons (Fsp3) is 0.786. The molecule has 2 fully saturated rings. The summed E-state index contributed by atoms with van der Waals surface area (Å²) in [6, 6.07) is 0. The van der Waals surface area contributed by atoms with Crippen molar-refractivity contribution in [3.8, 4) is 0 Å². The molecule has 0 saturated heterocycles. The van der Waals surface area contributed by atoms with Crippen LogP contribution in [0.4, 0.5) is 0 Å². The Bertz CT molecular complexity index is 298. The van der Waals surface area contributed by atoms with Gasteiger partial charge in [-0.15, -0.1) is 0 Å². The summed E-state index contributed by atoms with van der Waals surface area (Å²) in [6.45, 7) is 6.47. The molecule has 2 saturated carbocycles. The highest BCUT2D eigenvalue weighted by atomic mass is 16.1. The quantitative estimate of drug-likeness (QED) is 0.643. The smallest absolute Gasteiger partial charge is 0.142 e. The first-order valence-electron chi connectivity index (χ1n) is 6.21. The molecule has 0 aromatic carbocycles. The van der Waals surface area contributed by atoms with Crippen molar-refractivity contribution in [1.29, 1.82) is 0 Å². The number of Topliss-reactive ketones (excluding diaryl/α,β-unsaturated/α-hetero) is 1. The van der Waals surface area contributed by atoms with Crippen LogP contribution in [-0.2, 0) is 4.79 Å². The van der Waals surface area contributed by atoms with Crippen molar-refractivity contribution >= 4 is 5.78 Å². The molecular weight excluding hydrogens is 184 g/mol. The highest BCUT2D eigenvalue weighted by Crippen LogP contribution is 2.55. The van der Waals surface area contributed by atoms with Gasteiger partial charge in [-0.25, -0.2) is 0 Å². The fourth-order valence-corrected chi connectivity index (χ4v) is 3.45. The van der Waals surface area contributed by atoms with E-state index in [0.29, 0.717) is 17.6 Å². The molecule has 0 amide bonds. The van der Waals surface area contributed by atoms with Gasteiger partial charge in [0.2, 0.25) is 0 Å². The number of rotatable bonds is 3. The largest absolute Gasteiger partial charge is 0.299 e. The molecule has 0 aliphatic heterocycles. The number of carbonyl (C=O) groups excluding carboxylic acids is 1. The third-order valence-electron chi connectivity index (χ3n) is 4.48. The van der Waals surface area contributed by atoms with Crippen LogP contribution in [0.15, 0.2) is 11.6 Å². The van der Waals surface area contributed by atoms with Crippen LogP contribution in [0.3, 0.4) is 0 Å². The van der Waals surface area contributed by atoms with Gasteiger partial charge >= 0.3 is 0 Å². The summed E-state index contributed by atoms with van der Waals surface area (Å²) < 4.78 is 0. The zero-order valence-corrected chi connectivity index (χ0v) is 10.2. The van der Waals surface area contributed by atoms with Crippen LogP contribution in [0, 0.1) is 17.3 Å². The minimum atomic E-state index is 0.0227. The predicted octanol–water partition coefficient (Wildman–Crippen LogP) is 3.74. The van der Waals surface area contributed by atoms with Gasteiger partial charge < -0.3 is 0 Å². The lowest BCUT2D eigenvalue weighted by molar-refractivity contribution is -0.131. The van der Waals surface area contributed by atoms with Crippen molar-refractivity contribution in [2.75, 3.05) is 0 Å². The minimum Gasteiger partial charge on any atom is -0.299 e. The molecule has 2 bridgehead atoms. The topological polar surface area (TPSA) is 17.1 Å². The normalized spacial score (nSPS) is 38.5. The number of ketones is 1. The van der Waals surface area contributed by atoms with E-state index in [1.807, 2.05) is 0 Å². The van der Waals surface area contributed by atoms with Gasteiger partial charge in [0.25, 0.3) is 0 Å². The van der Waals surface area contributed by atoms with Crippen LogP contribution in [0.1, 0.15) is 52.9 Å².